The van der Waals surface area contributed by atoms with Crippen molar-refractivity contribution in [1.82, 2.24) is 0 Å². The van der Waals surface area contributed by atoms with Gasteiger partial charge in [-0.2, -0.15) is 0 Å². The van der Waals surface area contributed by atoms with Crippen LogP contribution in [0.4, 0.5) is 0 Å². The van der Waals surface area contributed by atoms with Crippen LogP contribution in [0.15, 0.2) is 72.9 Å². The molecule has 1 atom stereocenters. The van der Waals surface area contributed by atoms with Gasteiger partial charge in [-0.3, -0.25) is 14.4 Å². The number of hydrogen-bond donors (Lipinski definition) is 0. The molecule has 0 aromatic carbocycles. The van der Waals surface area contributed by atoms with Gasteiger partial charge in [-0.05, 0) is 89.9 Å². The number of rotatable bonds is 43. The molecule has 1 unspecified atom stereocenters. The number of esters is 3. The van der Waals surface area contributed by atoms with Crippen LogP contribution in [0.25, 0.3) is 0 Å². The van der Waals surface area contributed by atoms with Gasteiger partial charge in [0.1, 0.15) is 13.2 Å². The Morgan fingerprint density at radius 3 is 1.05 bits per heavy atom. The van der Waals surface area contributed by atoms with Crippen LogP contribution in [0.3, 0.4) is 0 Å². The molecular formula is C53H90O6. The predicted octanol–water partition coefficient (Wildman–Crippen LogP) is 15.9. The molecule has 6 heteroatoms. The number of carbonyl (C=O) groups is 3. The van der Waals surface area contributed by atoms with Crippen LogP contribution in [-0.2, 0) is 28.6 Å². The van der Waals surface area contributed by atoms with Gasteiger partial charge in [0.2, 0.25) is 0 Å². The van der Waals surface area contributed by atoms with Gasteiger partial charge in [0.25, 0.3) is 0 Å². The highest BCUT2D eigenvalue weighted by Crippen LogP contribution is 2.13. The minimum absolute atomic E-state index is 0.0889. The molecule has 0 spiro atoms. The van der Waals surface area contributed by atoms with Gasteiger partial charge in [0.15, 0.2) is 6.10 Å². The molecule has 0 fully saturated rings. The van der Waals surface area contributed by atoms with E-state index in [2.05, 4.69) is 93.7 Å². The summed E-state index contributed by atoms with van der Waals surface area (Å²) in [4.78, 5) is 37.8. The maximum Gasteiger partial charge on any atom is 0.306 e. The van der Waals surface area contributed by atoms with Crippen LogP contribution in [-0.4, -0.2) is 37.2 Å². The smallest absolute Gasteiger partial charge is 0.306 e. The van der Waals surface area contributed by atoms with Crippen molar-refractivity contribution in [2.45, 2.75) is 232 Å². The number of hydrogen-bond acceptors (Lipinski definition) is 6. The maximum absolute atomic E-state index is 12.7. The lowest BCUT2D eigenvalue weighted by molar-refractivity contribution is -0.167. The number of carbonyl (C=O) groups excluding carboxylic acids is 3. The van der Waals surface area contributed by atoms with E-state index in [0.717, 1.165) is 122 Å². The lowest BCUT2D eigenvalue weighted by Crippen LogP contribution is -2.30. The zero-order valence-electron chi connectivity index (χ0n) is 38.5. The van der Waals surface area contributed by atoms with E-state index in [9.17, 15) is 14.4 Å². The second-order valence-electron chi connectivity index (χ2n) is 16.0. The van der Waals surface area contributed by atoms with E-state index in [1.54, 1.807) is 0 Å². The highest BCUT2D eigenvalue weighted by atomic mass is 16.6. The summed E-state index contributed by atoms with van der Waals surface area (Å²) in [6.45, 7) is 6.44. The number of allylic oxidation sites excluding steroid dienone is 12. The summed E-state index contributed by atoms with van der Waals surface area (Å²) in [7, 11) is 0. The summed E-state index contributed by atoms with van der Waals surface area (Å²) >= 11 is 0. The molecule has 0 aromatic rings. The highest BCUT2D eigenvalue weighted by Gasteiger charge is 2.19. The zero-order valence-corrected chi connectivity index (χ0v) is 38.5. The molecule has 6 nitrogen and oxygen atoms in total. The molecular weight excluding hydrogens is 733 g/mol. The van der Waals surface area contributed by atoms with E-state index >= 15 is 0 Å². The molecule has 0 aliphatic rings. The summed E-state index contributed by atoms with van der Waals surface area (Å²) in [6, 6.07) is 0. The van der Waals surface area contributed by atoms with Gasteiger partial charge in [-0.1, -0.05) is 190 Å². The first-order valence-corrected chi connectivity index (χ1v) is 24.4. The molecule has 0 saturated heterocycles. The highest BCUT2D eigenvalue weighted by molar-refractivity contribution is 5.71. The molecule has 0 N–H and O–H groups in total. The fourth-order valence-electron chi connectivity index (χ4n) is 6.52. The largest absolute Gasteiger partial charge is 0.462 e. The average molecular weight is 823 g/mol. The first-order chi connectivity index (χ1) is 29.0. The second kappa shape index (κ2) is 47.5. The Hall–Kier alpha value is -3.15. The third-order valence-electron chi connectivity index (χ3n) is 10.2. The Kier molecular flexibility index (Phi) is 45.0. The molecule has 0 rings (SSSR count). The first-order valence-electron chi connectivity index (χ1n) is 24.4. The molecule has 0 saturated carbocycles. The van der Waals surface area contributed by atoms with Crippen LogP contribution in [0.2, 0.25) is 0 Å². The standard InChI is InChI=1S/C53H90O6/c1-4-7-10-13-16-19-21-23-25-27-29-30-32-34-37-40-43-46-52(55)58-49-50(48-57-51(54)45-42-39-36-18-15-12-9-6-3)59-53(56)47-44-41-38-35-33-31-28-26-24-22-20-17-14-11-8-5-2/h7,10,16,19-20,22-23,25-26,28-30,50H,4-6,8-9,11-15,17-18,21,24,27,31-49H2,1-3H3/b10-7-,19-16-,22-20-,25-23-,28-26-,30-29-. The van der Waals surface area contributed by atoms with Gasteiger partial charge in [-0.25, -0.2) is 0 Å². The van der Waals surface area contributed by atoms with Gasteiger partial charge >= 0.3 is 17.9 Å². The summed E-state index contributed by atoms with van der Waals surface area (Å²) < 4.78 is 16.7. The molecule has 0 heterocycles. The Morgan fingerprint density at radius 1 is 0.356 bits per heavy atom. The van der Waals surface area contributed by atoms with E-state index in [-0.39, 0.29) is 31.1 Å². The second-order valence-corrected chi connectivity index (χ2v) is 16.0. The molecule has 0 aliphatic heterocycles. The van der Waals surface area contributed by atoms with Crippen molar-refractivity contribution in [2.75, 3.05) is 13.2 Å². The molecule has 59 heavy (non-hydrogen) atoms. The lowest BCUT2D eigenvalue weighted by atomic mass is 10.1. The third kappa shape index (κ3) is 45.8. The molecule has 0 radical (unpaired) electrons. The number of unbranched alkanes of at least 4 members (excludes halogenated alkanes) is 20. The van der Waals surface area contributed by atoms with Gasteiger partial charge in [0.05, 0.1) is 0 Å². The monoisotopic (exact) mass is 823 g/mol. The normalized spacial score (nSPS) is 12.7. The van der Waals surface area contributed by atoms with Crippen molar-refractivity contribution in [2.24, 2.45) is 0 Å². The molecule has 338 valence electrons. The maximum atomic E-state index is 12.7. The summed E-state index contributed by atoms with van der Waals surface area (Å²) in [5.41, 5.74) is 0. The van der Waals surface area contributed by atoms with Crippen molar-refractivity contribution in [3.63, 3.8) is 0 Å². The fourth-order valence-corrected chi connectivity index (χ4v) is 6.52. The first kappa shape index (κ1) is 55.9. The van der Waals surface area contributed by atoms with Gasteiger partial charge in [-0.15, -0.1) is 0 Å². The number of ether oxygens (including phenoxy) is 3. The van der Waals surface area contributed by atoms with E-state index in [4.69, 9.17) is 14.2 Å². The molecule has 0 bridgehead atoms. The summed E-state index contributed by atoms with van der Waals surface area (Å²) in [5.74, 6) is -0.933. The van der Waals surface area contributed by atoms with E-state index in [0.29, 0.717) is 19.3 Å². The van der Waals surface area contributed by atoms with Crippen LogP contribution < -0.4 is 0 Å². The Bertz CT molecular complexity index is 1130. The topological polar surface area (TPSA) is 78.9 Å². The van der Waals surface area contributed by atoms with Gasteiger partial charge in [0, 0.05) is 19.3 Å². The molecule has 0 aromatic heterocycles. The van der Waals surface area contributed by atoms with Crippen LogP contribution in [0, 0.1) is 0 Å². The Labute approximate surface area is 363 Å². The van der Waals surface area contributed by atoms with Crippen LogP contribution in [0.5, 0.6) is 0 Å². The zero-order chi connectivity index (χ0) is 43.0. The average Bonchev–Trinajstić information content (AvgIpc) is 3.23. The Morgan fingerprint density at radius 2 is 0.661 bits per heavy atom. The van der Waals surface area contributed by atoms with Crippen molar-refractivity contribution in [3.8, 4) is 0 Å². The predicted molar refractivity (Wildman–Crippen MR) is 251 cm³/mol. The quantitative estimate of drug-likeness (QED) is 0.0264. The van der Waals surface area contributed by atoms with Crippen molar-refractivity contribution >= 4 is 17.9 Å². The van der Waals surface area contributed by atoms with E-state index < -0.39 is 6.10 Å². The van der Waals surface area contributed by atoms with Crippen molar-refractivity contribution in [1.29, 1.82) is 0 Å². The lowest BCUT2D eigenvalue weighted by Gasteiger charge is -2.18. The minimum atomic E-state index is -0.789. The molecule has 0 aliphatic carbocycles. The van der Waals surface area contributed by atoms with Crippen molar-refractivity contribution < 1.29 is 28.6 Å². The fraction of sp³-hybridized carbons (Fsp3) is 0.717. The van der Waals surface area contributed by atoms with Gasteiger partial charge < -0.3 is 14.2 Å². The third-order valence-corrected chi connectivity index (χ3v) is 10.2. The Balaban J connectivity index is 4.39. The summed E-state index contributed by atoms with van der Waals surface area (Å²) in [6.07, 6.45) is 58.9. The van der Waals surface area contributed by atoms with Crippen LogP contribution in [0.1, 0.15) is 226 Å². The van der Waals surface area contributed by atoms with Crippen LogP contribution >= 0.6 is 0 Å². The molecule has 0 amide bonds. The van der Waals surface area contributed by atoms with E-state index in [1.807, 2.05) is 0 Å². The minimum Gasteiger partial charge on any atom is -0.462 e. The van der Waals surface area contributed by atoms with Crippen molar-refractivity contribution in [3.05, 3.63) is 72.9 Å². The van der Waals surface area contributed by atoms with E-state index in [1.165, 1.54) is 64.2 Å². The summed E-state index contributed by atoms with van der Waals surface area (Å²) in [5, 5.41) is 0. The SMILES string of the molecule is CC/C=C\C/C=C\C/C=C\C/C=C\CCCCCCC(=O)OCC(COC(=O)CCCCCCCCCC)OC(=O)CCCCCCC/C=C\C/C=C\CCCCCC.